The maximum atomic E-state index is 5.42. The normalized spacial score (nSPS) is 11.2. The Hall–Kier alpha value is -2.95. The number of hydrogen-bond donors (Lipinski definition) is 0. The van der Waals surface area contributed by atoms with Crippen molar-refractivity contribution in [1.29, 1.82) is 0 Å². The standard InChI is InChI=1S/C19H18N4O/c1-3-23-12-20-16-9-8-15(11-17(16)23)19-21-18(24-22-19)10-14-6-4-13(2)5-7-14/h4-9,11-12H,3,10H2,1-2H3. The van der Waals surface area contributed by atoms with Crippen LogP contribution in [0.2, 0.25) is 0 Å². The fourth-order valence-electron chi connectivity index (χ4n) is 2.77. The fourth-order valence-corrected chi connectivity index (χ4v) is 2.77. The lowest BCUT2D eigenvalue weighted by atomic mass is 10.1. The monoisotopic (exact) mass is 318 g/mol. The molecule has 0 N–H and O–H groups in total. The van der Waals surface area contributed by atoms with Crippen molar-refractivity contribution in [2.75, 3.05) is 0 Å². The molecular formula is C19H18N4O. The van der Waals surface area contributed by atoms with Gasteiger partial charge in [-0.15, -0.1) is 0 Å². The number of imidazole rings is 1. The molecule has 24 heavy (non-hydrogen) atoms. The molecule has 0 radical (unpaired) electrons. The van der Waals surface area contributed by atoms with Crippen molar-refractivity contribution in [3.63, 3.8) is 0 Å². The highest BCUT2D eigenvalue weighted by Crippen LogP contribution is 2.22. The molecule has 2 heterocycles. The van der Waals surface area contributed by atoms with Crippen LogP contribution in [0.25, 0.3) is 22.4 Å². The largest absolute Gasteiger partial charge is 0.339 e. The van der Waals surface area contributed by atoms with E-state index in [-0.39, 0.29) is 0 Å². The quantitative estimate of drug-likeness (QED) is 0.570. The van der Waals surface area contributed by atoms with Crippen LogP contribution in [0.3, 0.4) is 0 Å². The van der Waals surface area contributed by atoms with Crippen LogP contribution in [0, 0.1) is 6.92 Å². The number of hydrogen-bond acceptors (Lipinski definition) is 4. The first-order valence-corrected chi connectivity index (χ1v) is 8.06. The van der Waals surface area contributed by atoms with Gasteiger partial charge in [-0.3, -0.25) is 0 Å². The van der Waals surface area contributed by atoms with Gasteiger partial charge >= 0.3 is 0 Å². The van der Waals surface area contributed by atoms with Gasteiger partial charge in [-0.2, -0.15) is 4.98 Å². The molecule has 0 bridgehead atoms. The van der Waals surface area contributed by atoms with E-state index in [2.05, 4.69) is 63.9 Å². The second-order valence-corrected chi connectivity index (χ2v) is 5.91. The van der Waals surface area contributed by atoms with Gasteiger partial charge in [-0.25, -0.2) is 4.98 Å². The molecule has 0 aliphatic carbocycles. The topological polar surface area (TPSA) is 56.7 Å². The maximum Gasteiger partial charge on any atom is 0.231 e. The van der Waals surface area contributed by atoms with Gasteiger partial charge in [0.15, 0.2) is 0 Å². The number of rotatable bonds is 4. The Morgan fingerprint density at radius 2 is 1.92 bits per heavy atom. The molecule has 0 unspecified atom stereocenters. The first-order valence-electron chi connectivity index (χ1n) is 8.06. The van der Waals surface area contributed by atoms with E-state index in [4.69, 9.17) is 4.52 Å². The van der Waals surface area contributed by atoms with Gasteiger partial charge in [-0.05, 0) is 37.6 Å². The summed E-state index contributed by atoms with van der Waals surface area (Å²) in [4.78, 5) is 8.93. The summed E-state index contributed by atoms with van der Waals surface area (Å²) in [5.74, 6) is 1.24. The Balaban J connectivity index is 1.63. The van der Waals surface area contributed by atoms with Gasteiger partial charge in [0.1, 0.15) is 0 Å². The van der Waals surface area contributed by atoms with E-state index in [0.29, 0.717) is 18.1 Å². The number of benzene rings is 2. The van der Waals surface area contributed by atoms with E-state index in [1.165, 1.54) is 5.56 Å². The SMILES string of the molecule is CCn1cnc2ccc(-c3noc(Cc4ccc(C)cc4)n3)cc21. The molecule has 0 amide bonds. The second kappa shape index (κ2) is 5.92. The minimum absolute atomic E-state index is 0.614. The van der Waals surface area contributed by atoms with E-state index in [0.717, 1.165) is 28.7 Å². The molecule has 5 heteroatoms. The highest BCUT2D eigenvalue weighted by atomic mass is 16.5. The second-order valence-electron chi connectivity index (χ2n) is 5.91. The smallest absolute Gasteiger partial charge is 0.231 e. The highest BCUT2D eigenvalue weighted by Gasteiger charge is 2.11. The van der Waals surface area contributed by atoms with Crippen LogP contribution in [-0.2, 0) is 13.0 Å². The number of nitrogens with zero attached hydrogens (tertiary/aromatic N) is 4. The van der Waals surface area contributed by atoms with Crippen LogP contribution in [0.15, 0.2) is 53.3 Å². The van der Waals surface area contributed by atoms with E-state index >= 15 is 0 Å². The van der Waals surface area contributed by atoms with Crippen LogP contribution in [-0.4, -0.2) is 19.7 Å². The van der Waals surface area contributed by atoms with E-state index in [1.807, 2.05) is 18.5 Å². The van der Waals surface area contributed by atoms with Crippen LogP contribution in [0.1, 0.15) is 23.9 Å². The Morgan fingerprint density at radius 3 is 2.71 bits per heavy atom. The first-order chi connectivity index (χ1) is 11.7. The van der Waals surface area contributed by atoms with Gasteiger partial charge in [0.2, 0.25) is 11.7 Å². The van der Waals surface area contributed by atoms with Crippen molar-refractivity contribution in [2.45, 2.75) is 26.8 Å². The van der Waals surface area contributed by atoms with Crippen molar-refractivity contribution in [3.8, 4) is 11.4 Å². The Kier molecular flexibility index (Phi) is 3.61. The average molecular weight is 318 g/mol. The van der Waals surface area contributed by atoms with Crippen LogP contribution < -0.4 is 0 Å². The van der Waals surface area contributed by atoms with Crippen LogP contribution in [0.5, 0.6) is 0 Å². The molecule has 5 nitrogen and oxygen atoms in total. The van der Waals surface area contributed by atoms with Crippen molar-refractivity contribution in [1.82, 2.24) is 19.7 Å². The van der Waals surface area contributed by atoms with Gasteiger partial charge in [0.25, 0.3) is 0 Å². The van der Waals surface area contributed by atoms with Crippen molar-refractivity contribution >= 4 is 11.0 Å². The van der Waals surface area contributed by atoms with E-state index in [9.17, 15) is 0 Å². The summed E-state index contributed by atoms with van der Waals surface area (Å²) >= 11 is 0. The van der Waals surface area contributed by atoms with Crippen molar-refractivity contribution < 1.29 is 4.52 Å². The molecule has 0 atom stereocenters. The van der Waals surface area contributed by atoms with Crippen LogP contribution >= 0.6 is 0 Å². The summed E-state index contributed by atoms with van der Waals surface area (Å²) in [5, 5.41) is 4.13. The van der Waals surface area contributed by atoms with E-state index < -0.39 is 0 Å². The Labute approximate surface area is 140 Å². The molecule has 4 aromatic rings. The molecule has 0 spiro atoms. The third-order valence-corrected chi connectivity index (χ3v) is 4.16. The predicted molar refractivity (Wildman–Crippen MR) is 92.7 cm³/mol. The van der Waals surface area contributed by atoms with Crippen LogP contribution in [0.4, 0.5) is 0 Å². The third kappa shape index (κ3) is 2.69. The molecule has 4 rings (SSSR count). The zero-order valence-electron chi connectivity index (χ0n) is 13.7. The summed E-state index contributed by atoms with van der Waals surface area (Å²) in [6.07, 6.45) is 2.50. The third-order valence-electron chi connectivity index (χ3n) is 4.16. The Morgan fingerprint density at radius 1 is 1.08 bits per heavy atom. The molecule has 2 aromatic heterocycles. The summed E-state index contributed by atoms with van der Waals surface area (Å²) < 4.78 is 7.52. The predicted octanol–water partition coefficient (Wildman–Crippen LogP) is 4.01. The number of fused-ring (bicyclic) bond motifs is 1. The molecule has 0 saturated carbocycles. The molecule has 0 aliphatic heterocycles. The molecule has 2 aromatic carbocycles. The van der Waals surface area contributed by atoms with E-state index in [1.54, 1.807) is 0 Å². The average Bonchev–Trinajstić information content (AvgIpc) is 3.23. The summed E-state index contributed by atoms with van der Waals surface area (Å²) in [7, 11) is 0. The molecule has 0 fully saturated rings. The fraction of sp³-hybridized carbons (Fsp3) is 0.211. The maximum absolute atomic E-state index is 5.42. The minimum atomic E-state index is 0.614. The zero-order chi connectivity index (χ0) is 16.5. The van der Waals surface area contributed by atoms with Gasteiger partial charge in [0.05, 0.1) is 23.8 Å². The highest BCUT2D eigenvalue weighted by molar-refractivity contribution is 5.80. The summed E-state index contributed by atoms with van der Waals surface area (Å²) in [6.45, 7) is 5.05. The van der Waals surface area contributed by atoms with Gasteiger partial charge < -0.3 is 9.09 Å². The lowest BCUT2D eigenvalue weighted by Crippen LogP contribution is -1.91. The summed E-state index contributed by atoms with van der Waals surface area (Å²) in [6, 6.07) is 14.4. The summed E-state index contributed by atoms with van der Waals surface area (Å²) in [5.41, 5.74) is 5.40. The number of aryl methyl sites for hydroxylation is 2. The van der Waals surface area contributed by atoms with Gasteiger partial charge in [0, 0.05) is 12.1 Å². The number of aromatic nitrogens is 4. The lowest BCUT2D eigenvalue weighted by molar-refractivity contribution is 0.385. The van der Waals surface area contributed by atoms with Crippen molar-refractivity contribution in [2.24, 2.45) is 0 Å². The lowest BCUT2D eigenvalue weighted by Gasteiger charge is -2.00. The van der Waals surface area contributed by atoms with Gasteiger partial charge in [-0.1, -0.05) is 35.0 Å². The van der Waals surface area contributed by atoms with Crippen molar-refractivity contribution in [3.05, 3.63) is 65.8 Å². The minimum Gasteiger partial charge on any atom is -0.339 e. The molecule has 120 valence electrons. The first kappa shape index (κ1) is 14.6. The molecule has 0 aliphatic rings. The Bertz CT molecular complexity index is 982. The molecular weight excluding hydrogens is 300 g/mol. The zero-order valence-corrected chi connectivity index (χ0v) is 13.7. The molecule has 0 saturated heterocycles.